The van der Waals surface area contributed by atoms with Crippen molar-refractivity contribution in [3.8, 4) is 11.5 Å². The van der Waals surface area contributed by atoms with Gasteiger partial charge in [-0.05, 0) is 12.1 Å². The van der Waals surface area contributed by atoms with E-state index in [1.165, 1.54) is 12.1 Å². The van der Waals surface area contributed by atoms with Crippen molar-refractivity contribution in [2.24, 2.45) is 5.73 Å². The fourth-order valence-electron chi connectivity index (χ4n) is 1.71. The fourth-order valence-corrected chi connectivity index (χ4v) is 1.71. The summed E-state index contributed by atoms with van der Waals surface area (Å²) < 4.78 is 35.5. The third kappa shape index (κ3) is 2.35. The SMILES string of the molecule is NC(Cc1cc(C(F)F)cc2c1OCO2)C(=O)O. The van der Waals surface area contributed by atoms with E-state index in [0.29, 0.717) is 5.56 Å². The number of fused-ring (bicyclic) bond motifs is 1. The van der Waals surface area contributed by atoms with Gasteiger partial charge in [0.05, 0.1) is 0 Å². The maximum absolute atomic E-state index is 12.7. The van der Waals surface area contributed by atoms with E-state index in [1.807, 2.05) is 0 Å². The Morgan fingerprint density at radius 2 is 2.17 bits per heavy atom. The molecular formula is C11H11F2NO4. The van der Waals surface area contributed by atoms with E-state index in [9.17, 15) is 13.6 Å². The van der Waals surface area contributed by atoms with Crippen LogP contribution in [0, 0.1) is 0 Å². The number of hydrogen-bond acceptors (Lipinski definition) is 4. The standard InChI is InChI=1S/C11H11F2NO4/c12-10(13)6-1-5(2-7(14)11(15)16)9-8(3-6)17-4-18-9/h1,3,7,10H,2,4,14H2,(H,15,16). The predicted octanol–water partition coefficient (Wildman–Crippen LogP) is 1.31. The second kappa shape index (κ2) is 4.77. The number of carboxylic acids is 1. The molecule has 3 N–H and O–H groups in total. The zero-order valence-electron chi connectivity index (χ0n) is 9.23. The lowest BCUT2D eigenvalue weighted by molar-refractivity contribution is -0.138. The Kier molecular flexibility index (Phi) is 3.33. The molecule has 0 radical (unpaired) electrons. The number of carbonyl (C=O) groups is 1. The number of ether oxygens (including phenoxy) is 2. The summed E-state index contributed by atoms with van der Waals surface area (Å²) in [5.41, 5.74) is 5.46. The molecule has 1 aromatic rings. The van der Waals surface area contributed by atoms with E-state index in [0.717, 1.165) is 0 Å². The lowest BCUT2D eigenvalue weighted by atomic mass is 10.0. The summed E-state index contributed by atoms with van der Waals surface area (Å²) in [7, 11) is 0. The highest BCUT2D eigenvalue weighted by Gasteiger charge is 2.24. The van der Waals surface area contributed by atoms with Crippen LogP contribution in [0.4, 0.5) is 8.78 Å². The average molecular weight is 259 g/mol. The molecule has 0 spiro atoms. The van der Waals surface area contributed by atoms with Gasteiger partial charge in [-0.15, -0.1) is 0 Å². The summed E-state index contributed by atoms with van der Waals surface area (Å²) in [6.07, 6.45) is -2.76. The van der Waals surface area contributed by atoms with Crippen LogP contribution < -0.4 is 15.2 Å². The summed E-state index contributed by atoms with van der Waals surface area (Å²) in [6.45, 7) is -0.0721. The van der Waals surface area contributed by atoms with Crippen LogP contribution in [0.1, 0.15) is 17.6 Å². The third-order valence-electron chi connectivity index (χ3n) is 2.58. The molecule has 0 aromatic heterocycles. The molecule has 0 fully saturated rings. The Balaban J connectivity index is 2.36. The molecule has 1 aliphatic heterocycles. The first-order valence-electron chi connectivity index (χ1n) is 5.18. The van der Waals surface area contributed by atoms with Gasteiger partial charge in [-0.3, -0.25) is 4.79 Å². The molecule has 2 rings (SSSR count). The van der Waals surface area contributed by atoms with E-state index in [2.05, 4.69) is 0 Å². The lowest BCUT2D eigenvalue weighted by Gasteiger charge is -2.11. The molecule has 1 unspecified atom stereocenters. The van der Waals surface area contributed by atoms with Crippen LogP contribution in [0.3, 0.4) is 0 Å². The van der Waals surface area contributed by atoms with Crippen molar-refractivity contribution in [3.63, 3.8) is 0 Å². The minimum atomic E-state index is -2.67. The lowest BCUT2D eigenvalue weighted by Crippen LogP contribution is -2.32. The van der Waals surface area contributed by atoms with Gasteiger partial charge in [-0.2, -0.15) is 0 Å². The van der Waals surface area contributed by atoms with Gasteiger partial charge >= 0.3 is 5.97 Å². The second-order valence-electron chi connectivity index (χ2n) is 3.86. The molecule has 1 atom stereocenters. The number of nitrogens with two attached hydrogens (primary N) is 1. The molecule has 98 valence electrons. The van der Waals surface area contributed by atoms with Gasteiger partial charge in [-0.25, -0.2) is 8.78 Å². The number of benzene rings is 1. The van der Waals surface area contributed by atoms with Crippen molar-refractivity contribution in [1.82, 2.24) is 0 Å². The molecule has 7 heteroatoms. The topological polar surface area (TPSA) is 81.8 Å². The maximum atomic E-state index is 12.7. The fraction of sp³-hybridized carbons (Fsp3) is 0.364. The first-order valence-corrected chi connectivity index (χ1v) is 5.18. The molecule has 1 aliphatic rings. The smallest absolute Gasteiger partial charge is 0.320 e. The number of aliphatic carboxylic acids is 1. The van der Waals surface area contributed by atoms with Crippen LogP contribution in [0.5, 0.6) is 11.5 Å². The van der Waals surface area contributed by atoms with Crippen molar-refractivity contribution in [1.29, 1.82) is 0 Å². The highest BCUT2D eigenvalue weighted by Crippen LogP contribution is 2.39. The van der Waals surface area contributed by atoms with Crippen LogP contribution in [-0.2, 0) is 11.2 Å². The van der Waals surface area contributed by atoms with E-state index in [4.69, 9.17) is 20.3 Å². The van der Waals surface area contributed by atoms with Gasteiger partial charge in [0, 0.05) is 17.5 Å². The summed E-state index contributed by atoms with van der Waals surface area (Å²) in [5.74, 6) is -0.721. The Labute approximate surface area is 101 Å². The molecule has 5 nitrogen and oxygen atoms in total. The molecule has 1 aromatic carbocycles. The van der Waals surface area contributed by atoms with Crippen molar-refractivity contribution < 1.29 is 28.2 Å². The van der Waals surface area contributed by atoms with Crippen molar-refractivity contribution in [2.45, 2.75) is 18.9 Å². The molecule has 0 saturated carbocycles. The summed E-state index contributed by atoms with van der Waals surface area (Å²) in [4.78, 5) is 10.7. The Morgan fingerprint density at radius 1 is 1.44 bits per heavy atom. The zero-order chi connectivity index (χ0) is 13.3. The molecule has 0 aliphatic carbocycles. The highest BCUT2D eigenvalue weighted by molar-refractivity contribution is 5.74. The van der Waals surface area contributed by atoms with Gasteiger partial charge in [0.25, 0.3) is 6.43 Å². The summed E-state index contributed by atoms with van der Waals surface area (Å²) in [5, 5.41) is 8.73. The van der Waals surface area contributed by atoms with Gasteiger partial charge < -0.3 is 20.3 Å². The molecule has 0 amide bonds. The van der Waals surface area contributed by atoms with E-state index >= 15 is 0 Å². The van der Waals surface area contributed by atoms with Crippen molar-refractivity contribution >= 4 is 5.97 Å². The molecule has 0 saturated heterocycles. The minimum absolute atomic E-state index is 0.0721. The largest absolute Gasteiger partial charge is 0.480 e. The Hall–Kier alpha value is -1.89. The van der Waals surface area contributed by atoms with Gasteiger partial charge in [0.15, 0.2) is 11.5 Å². The normalized spacial score (nSPS) is 14.9. The molecular weight excluding hydrogens is 248 g/mol. The van der Waals surface area contributed by atoms with Gasteiger partial charge in [0.2, 0.25) is 6.79 Å². The monoisotopic (exact) mass is 259 g/mol. The van der Waals surface area contributed by atoms with Crippen LogP contribution in [-0.4, -0.2) is 23.9 Å². The zero-order valence-corrected chi connectivity index (χ0v) is 9.23. The van der Waals surface area contributed by atoms with E-state index < -0.39 is 18.4 Å². The Bertz CT molecular complexity index is 478. The number of hydrogen-bond donors (Lipinski definition) is 2. The minimum Gasteiger partial charge on any atom is -0.480 e. The van der Waals surface area contributed by atoms with E-state index in [1.54, 1.807) is 0 Å². The number of halogens is 2. The van der Waals surface area contributed by atoms with Crippen LogP contribution >= 0.6 is 0 Å². The van der Waals surface area contributed by atoms with E-state index in [-0.39, 0.29) is 30.3 Å². The van der Waals surface area contributed by atoms with Crippen LogP contribution in [0.2, 0.25) is 0 Å². The highest BCUT2D eigenvalue weighted by atomic mass is 19.3. The Morgan fingerprint density at radius 3 is 2.78 bits per heavy atom. The van der Waals surface area contributed by atoms with Gasteiger partial charge in [-0.1, -0.05) is 0 Å². The predicted molar refractivity (Wildman–Crippen MR) is 56.8 cm³/mol. The van der Waals surface area contributed by atoms with Crippen LogP contribution in [0.25, 0.3) is 0 Å². The average Bonchev–Trinajstić information content (AvgIpc) is 2.76. The summed E-state index contributed by atoms with van der Waals surface area (Å²) in [6, 6.07) is 1.20. The van der Waals surface area contributed by atoms with Crippen molar-refractivity contribution in [2.75, 3.05) is 6.79 Å². The van der Waals surface area contributed by atoms with Crippen molar-refractivity contribution in [3.05, 3.63) is 23.3 Å². The van der Waals surface area contributed by atoms with Crippen LogP contribution in [0.15, 0.2) is 12.1 Å². The number of carboxylic acid groups (broad SMARTS) is 1. The second-order valence-corrected chi connectivity index (χ2v) is 3.86. The summed E-state index contributed by atoms with van der Waals surface area (Å²) >= 11 is 0. The number of rotatable bonds is 4. The number of alkyl halides is 2. The molecule has 1 heterocycles. The first-order chi connectivity index (χ1) is 8.49. The first kappa shape index (κ1) is 12.6. The molecule has 18 heavy (non-hydrogen) atoms. The maximum Gasteiger partial charge on any atom is 0.320 e. The van der Waals surface area contributed by atoms with Gasteiger partial charge in [0.1, 0.15) is 6.04 Å². The third-order valence-corrected chi connectivity index (χ3v) is 2.58. The molecule has 0 bridgehead atoms. The quantitative estimate of drug-likeness (QED) is 0.851.